The van der Waals surface area contributed by atoms with Crippen molar-refractivity contribution < 1.29 is 23.8 Å². The van der Waals surface area contributed by atoms with Gasteiger partial charge in [0, 0.05) is 24.5 Å². The van der Waals surface area contributed by atoms with Gasteiger partial charge in [-0.3, -0.25) is 9.36 Å². The Morgan fingerprint density at radius 1 is 1.03 bits per heavy atom. The minimum Gasteiger partial charge on any atom is -0.489 e. The van der Waals surface area contributed by atoms with Gasteiger partial charge in [0.1, 0.15) is 18.2 Å². The molecule has 1 N–H and O–H groups in total. The molecule has 0 unspecified atom stereocenters. The van der Waals surface area contributed by atoms with E-state index in [-0.39, 0.29) is 24.0 Å². The van der Waals surface area contributed by atoms with Gasteiger partial charge in [-0.2, -0.15) is 0 Å². The minimum atomic E-state index is -0.900. The largest absolute Gasteiger partial charge is 0.489 e. The SMILES string of the molecule is O=C(O)N1CCC[C@H]1COCc1ccc(-n2ccc(OCc3ccc(F)cc3)cc2=O)cc1. The fraction of sp³-hybridized carbons (Fsp3) is 0.280. The number of amides is 1. The van der Waals surface area contributed by atoms with Crippen molar-refractivity contribution in [2.45, 2.75) is 32.1 Å². The lowest BCUT2D eigenvalue weighted by molar-refractivity contribution is 0.0643. The topological polar surface area (TPSA) is 81.0 Å². The number of carbonyl (C=O) groups is 1. The zero-order chi connectivity index (χ0) is 23.2. The maximum absolute atomic E-state index is 13.0. The highest BCUT2D eigenvalue weighted by molar-refractivity contribution is 5.65. The minimum absolute atomic E-state index is 0.0934. The average molecular weight is 452 g/mol. The fourth-order valence-corrected chi connectivity index (χ4v) is 3.84. The third-order valence-electron chi connectivity index (χ3n) is 5.63. The molecular formula is C25H25FN2O5. The van der Waals surface area contributed by atoms with Crippen LogP contribution in [-0.2, 0) is 18.0 Å². The maximum Gasteiger partial charge on any atom is 0.407 e. The first-order chi connectivity index (χ1) is 16.0. The van der Waals surface area contributed by atoms with Crippen molar-refractivity contribution in [3.05, 3.63) is 94.2 Å². The first-order valence-electron chi connectivity index (χ1n) is 10.8. The summed E-state index contributed by atoms with van der Waals surface area (Å²) in [6.07, 6.45) is 2.43. The van der Waals surface area contributed by atoms with Crippen LogP contribution in [0.25, 0.3) is 5.69 Å². The molecule has 0 radical (unpaired) electrons. The highest BCUT2D eigenvalue weighted by Gasteiger charge is 2.28. The van der Waals surface area contributed by atoms with Crippen LogP contribution in [0.15, 0.2) is 71.7 Å². The summed E-state index contributed by atoms with van der Waals surface area (Å²) in [6.45, 7) is 1.54. The number of likely N-dealkylation sites (tertiary alicyclic amines) is 1. The molecule has 3 aromatic rings. The summed E-state index contributed by atoms with van der Waals surface area (Å²) in [7, 11) is 0. The van der Waals surface area contributed by atoms with E-state index in [1.807, 2.05) is 24.3 Å². The van der Waals surface area contributed by atoms with Gasteiger partial charge in [0.25, 0.3) is 5.56 Å². The van der Waals surface area contributed by atoms with Crippen molar-refractivity contribution in [3.63, 3.8) is 0 Å². The number of hydrogen-bond donors (Lipinski definition) is 1. The molecule has 7 nitrogen and oxygen atoms in total. The number of carboxylic acid groups (broad SMARTS) is 1. The Morgan fingerprint density at radius 2 is 1.73 bits per heavy atom. The number of nitrogens with zero attached hydrogens (tertiary/aromatic N) is 2. The lowest BCUT2D eigenvalue weighted by Crippen LogP contribution is -2.37. The molecule has 2 aromatic carbocycles. The van der Waals surface area contributed by atoms with Crippen LogP contribution in [0.3, 0.4) is 0 Å². The van der Waals surface area contributed by atoms with Gasteiger partial charge in [0.2, 0.25) is 0 Å². The first-order valence-corrected chi connectivity index (χ1v) is 10.8. The van der Waals surface area contributed by atoms with Crippen LogP contribution in [0.4, 0.5) is 9.18 Å². The molecular weight excluding hydrogens is 427 g/mol. The molecule has 1 amide bonds. The summed E-state index contributed by atoms with van der Waals surface area (Å²) >= 11 is 0. The van der Waals surface area contributed by atoms with Crippen LogP contribution < -0.4 is 10.3 Å². The zero-order valence-corrected chi connectivity index (χ0v) is 18.0. The predicted octanol–water partition coefficient (Wildman–Crippen LogP) is 4.21. The molecule has 1 saturated heterocycles. The Morgan fingerprint density at radius 3 is 2.42 bits per heavy atom. The smallest absolute Gasteiger partial charge is 0.407 e. The molecule has 1 aliphatic heterocycles. The van der Waals surface area contributed by atoms with E-state index in [1.54, 1.807) is 24.4 Å². The Bertz CT molecular complexity index is 1140. The van der Waals surface area contributed by atoms with Crippen LogP contribution in [-0.4, -0.2) is 39.9 Å². The van der Waals surface area contributed by atoms with E-state index < -0.39 is 6.09 Å². The molecule has 0 saturated carbocycles. The van der Waals surface area contributed by atoms with Crippen LogP contribution in [0.5, 0.6) is 5.75 Å². The second-order valence-electron chi connectivity index (χ2n) is 7.94. The molecule has 1 aromatic heterocycles. The molecule has 4 rings (SSSR count). The van der Waals surface area contributed by atoms with Crippen molar-refractivity contribution >= 4 is 6.09 Å². The second-order valence-corrected chi connectivity index (χ2v) is 7.94. The molecule has 0 bridgehead atoms. The lowest BCUT2D eigenvalue weighted by Gasteiger charge is -2.21. The van der Waals surface area contributed by atoms with E-state index in [0.29, 0.717) is 31.2 Å². The van der Waals surface area contributed by atoms with E-state index in [2.05, 4.69) is 0 Å². The van der Waals surface area contributed by atoms with Gasteiger partial charge < -0.3 is 19.5 Å². The van der Waals surface area contributed by atoms with Crippen LogP contribution in [0.1, 0.15) is 24.0 Å². The Hall–Kier alpha value is -3.65. The Kier molecular flexibility index (Phi) is 7.04. The second kappa shape index (κ2) is 10.3. The molecule has 1 atom stereocenters. The number of halogens is 1. The summed E-state index contributed by atoms with van der Waals surface area (Å²) in [4.78, 5) is 25.2. The predicted molar refractivity (Wildman–Crippen MR) is 120 cm³/mol. The van der Waals surface area contributed by atoms with Crippen molar-refractivity contribution in [2.24, 2.45) is 0 Å². The molecule has 1 aliphatic rings. The average Bonchev–Trinajstić information content (AvgIpc) is 3.28. The van der Waals surface area contributed by atoms with Crippen molar-refractivity contribution in [1.29, 1.82) is 0 Å². The van der Waals surface area contributed by atoms with Gasteiger partial charge >= 0.3 is 6.09 Å². The van der Waals surface area contributed by atoms with E-state index in [4.69, 9.17) is 9.47 Å². The molecule has 172 valence electrons. The summed E-state index contributed by atoms with van der Waals surface area (Å²) in [5, 5.41) is 9.19. The molecule has 1 fully saturated rings. The number of rotatable bonds is 8. The van der Waals surface area contributed by atoms with Crippen molar-refractivity contribution in [1.82, 2.24) is 9.47 Å². The van der Waals surface area contributed by atoms with E-state index >= 15 is 0 Å². The van der Waals surface area contributed by atoms with Gasteiger partial charge in [0.15, 0.2) is 0 Å². The molecule has 0 aliphatic carbocycles. The molecule has 2 heterocycles. The molecule has 8 heteroatoms. The normalized spacial score (nSPS) is 15.5. The number of ether oxygens (including phenoxy) is 2. The number of pyridine rings is 1. The van der Waals surface area contributed by atoms with Gasteiger partial charge in [-0.15, -0.1) is 0 Å². The molecule has 0 spiro atoms. The van der Waals surface area contributed by atoms with Crippen molar-refractivity contribution in [2.75, 3.05) is 13.2 Å². The van der Waals surface area contributed by atoms with Crippen LogP contribution in [0, 0.1) is 5.82 Å². The summed E-state index contributed by atoms with van der Waals surface area (Å²) in [6, 6.07) is 16.5. The third-order valence-corrected chi connectivity index (χ3v) is 5.63. The Labute approximate surface area is 190 Å². The van der Waals surface area contributed by atoms with E-state index in [1.165, 1.54) is 27.7 Å². The summed E-state index contributed by atoms with van der Waals surface area (Å²) < 4.78 is 25.9. The quantitative estimate of drug-likeness (QED) is 0.554. The summed E-state index contributed by atoms with van der Waals surface area (Å²) in [5.41, 5.74) is 2.22. The first kappa shape index (κ1) is 22.5. The summed E-state index contributed by atoms with van der Waals surface area (Å²) in [5.74, 6) is 0.130. The van der Waals surface area contributed by atoms with Gasteiger partial charge in [-0.1, -0.05) is 24.3 Å². The van der Waals surface area contributed by atoms with E-state index in [9.17, 15) is 19.1 Å². The van der Waals surface area contributed by atoms with Gasteiger partial charge in [-0.25, -0.2) is 9.18 Å². The van der Waals surface area contributed by atoms with Crippen LogP contribution in [0.2, 0.25) is 0 Å². The maximum atomic E-state index is 13.0. The number of hydrogen-bond acceptors (Lipinski definition) is 4. The highest BCUT2D eigenvalue weighted by atomic mass is 19.1. The van der Waals surface area contributed by atoms with Crippen molar-refractivity contribution in [3.8, 4) is 11.4 Å². The van der Waals surface area contributed by atoms with Gasteiger partial charge in [0.05, 0.1) is 19.3 Å². The zero-order valence-electron chi connectivity index (χ0n) is 18.0. The monoisotopic (exact) mass is 452 g/mol. The number of aromatic nitrogens is 1. The van der Waals surface area contributed by atoms with Gasteiger partial charge in [-0.05, 0) is 54.3 Å². The lowest BCUT2D eigenvalue weighted by atomic mass is 10.2. The number of benzene rings is 2. The highest BCUT2D eigenvalue weighted by Crippen LogP contribution is 2.18. The molecule has 33 heavy (non-hydrogen) atoms. The fourth-order valence-electron chi connectivity index (χ4n) is 3.84. The third kappa shape index (κ3) is 5.78. The van der Waals surface area contributed by atoms with Crippen LogP contribution >= 0.6 is 0 Å². The Balaban J connectivity index is 1.32. The standard InChI is InChI=1S/C25H25FN2O5/c26-20-7-3-19(4-8-20)16-33-23-11-13-27(24(29)14-23)21-9-5-18(6-10-21)15-32-17-22-2-1-12-28(22)25(30)31/h3-11,13-14,22H,1-2,12,15-17H2,(H,30,31)/t22-/m0/s1. The van der Waals surface area contributed by atoms with E-state index in [0.717, 1.165) is 24.0 Å².